The van der Waals surface area contributed by atoms with E-state index >= 15 is 0 Å². The summed E-state index contributed by atoms with van der Waals surface area (Å²) in [5.41, 5.74) is 2.69. The van der Waals surface area contributed by atoms with Crippen molar-refractivity contribution in [2.75, 3.05) is 28.2 Å². The molecule has 2 aromatic rings. The molecular formula is C16H26N2Zr. The maximum atomic E-state index is 3.50. The molecule has 3 heteroatoms. The van der Waals surface area contributed by atoms with Gasteiger partial charge in [-0.2, -0.15) is 63.6 Å². The Morgan fingerprint density at radius 1 is 0.579 bits per heavy atom. The maximum absolute atomic E-state index is 3.50. The molecule has 2 rings (SSSR count). The van der Waals surface area contributed by atoms with Gasteiger partial charge in [0.1, 0.15) is 0 Å². The predicted octanol–water partition coefficient (Wildman–Crippen LogP) is 4.66. The predicted molar refractivity (Wildman–Crippen MR) is 84.0 cm³/mol. The fourth-order valence-electron chi connectivity index (χ4n) is 0.940. The molecule has 0 radical (unpaired) electrons. The van der Waals surface area contributed by atoms with Crippen LogP contribution in [0.15, 0.2) is 48.5 Å². The topological polar surface area (TPSA) is 28.2 Å². The van der Waals surface area contributed by atoms with Gasteiger partial charge in [-0.25, -0.2) is 24.3 Å². The molecule has 0 aliphatic rings. The molecule has 0 atom stereocenters. The molecule has 0 spiro atoms. The molecule has 0 amide bonds. The van der Waals surface area contributed by atoms with E-state index in [-0.39, 0.29) is 26.2 Å². The van der Waals surface area contributed by atoms with Crippen LogP contribution in [0.3, 0.4) is 0 Å². The first-order chi connectivity index (χ1) is 8.62. The SMILES string of the molecule is C[N-]C.C[N-]C.C[c-]1cccc1.C[c-]1cccc1.[Zr+4]. The molecule has 0 bridgehead atoms. The average Bonchev–Trinajstić information content (AvgIpc) is 2.95. The Labute approximate surface area is 138 Å². The van der Waals surface area contributed by atoms with Crippen molar-refractivity contribution in [3.8, 4) is 0 Å². The minimum atomic E-state index is 0. The Balaban J connectivity index is -0.000000188. The van der Waals surface area contributed by atoms with Gasteiger partial charge < -0.3 is 10.6 Å². The van der Waals surface area contributed by atoms with E-state index in [9.17, 15) is 0 Å². The monoisotopic (exact) mass is 336 g/mol. The van der Waals surface area contributed by atoms with Crippen LogP contribution in [0.25, 0.3) is 10.6 Å². The molecule has 0 aromatic heterocycles. The Morgan fingerprint density at radius 3 is 0.789 bits per heavy atom. The molecule has 0 aliphatic carbocycles. The van der Waals surface area contributed by atoms with Gasteiger partial charge in [-0.1, -0.05) is 13.8 Å². The van der Waals surface area contributed by atoms with Crippen LogP contribution in [0, 0.1) is 13.8 Å². The molecule has 0 N–H and O–H groups in total. The third-order valence-electron chi connectivity index (χ3n) is 1.66. The molecule has 104 valence electrons. The van der Waals surface area contributed by atoms with Gasteiger partial charge in [0, 0.05) is 0 Å². The van der Waals surface area contributed by atoms with Crippen molar-refractivity contribution in [3.63, 3.8) is 0 Å². The van der Waals surface area contributed by atoms with Gasteiger partial charge >= 0.3 is 26.2 Å². The van der Waals surface area contributed by atoms with Gasteiger partial charge in [-0.15, -0.1) is 0 Å². The van der Waals surface area contributed by atoms with Gasteiger partial charge in [0.2, 0.25) is 0 Å². The molecular weight excluding hydrogens is 311 g/mol. The van der Waals surface area contributed by atoms with E-state index in [1.165, 1.54) is 11.1 Å². The van der Waals surface area contributed by atoms with Crippen molar-refractivity contribution in [2.24, 2.45) is 0 Å². The normalized spacial score (nSPS) is 7.47. The smallest absolute Gasteiger partial charge is 0.668 e. The van der Waals surface area contributed by atoms with E-state index in [1.807, 2.05) is 24.3 Å². The van der Waals surface area contributed by atoms with Crippen LogP contribution in [0.5, 0.6) is 0 Å². The summed E-state index contributed by atoms with van der Waals surface area (Å²) in [5, 5.41) is 7.00. The summed E-state index contributed by atoms with van der Waals surface area (Å²) >= 11 is 0. The minimum absolute atomic E-state index is 0. The summed E-state index contributed by atoms with van der Waals surface area (Å²) in [7, 11) is 7.00. The van der Waals surface area contributed by atoms with Crippen LogP contribution in [0.1, 0.15) is 11.1 Å². The molecule has 0 unspecified atom stereocenters. The van der Waals surface area contributed by atoms with Crippen molar-refractivity contribution in [3.05, 3.63) is 70.3 Å². The van der Waals surface area contributed by atoms with Crippen LogP contribution in [-0.4, -0.2) is 28.2 Å². The van der Waals surface area contributed by atoms with E-state index in [1.54, 1.807) is 28.2 Å². The number of rotatable bonds is 0. The summed E-state index contributed by atoms with van der Waals surface area (Å²) in [5.74, 6) is 0. The minimum Gasteiger partial charge on any atom is -0.668 e. The fourth-order valence-corrected chi connectivity index (χ4v) is 0.940. The summed E-state index contributed by atoms with van der Waals surface area (Å²) < 4.78 is 0. The van der Waals surface area contributed by atoms with Crippen LogP contribution in [0.2, 0.25) is 0 Å². The second-order valence-electron chi connectivity index (χ2n) is 3.82. The van der Waals surface area contributed by atoms with E-state index in [0.717, 1.165) is 0 Å². The third kappa shape index (κ3) is 23.1. The molecule has 0 saturated carbocycles. The van der Waals surface area contributed by atoms with E-state index in [4.69, 9.17) is 0 Å². The number of nitrogens with zero attached hydrogens (tertiary/aromatic N) is 2. The summed E-state index contributed by atoms with van der Waals surface area (Å²) in [6.45, 7) is 4.17. The molecule has 0 saturated heterocycles. The second-order valence-corrected chi connectivity index (χ2v) is 3.82. The molecule has 2 nitrogen and oxygen atoms in total. The zero-order chi connectivity index (χ0) is 14.2. The summed E-state index contributed by atoms with van der Waals surface area (Å²) in [6.07, 6.45) is 0. The van der Waals surface area contributed by atoms with Crippen LogP contribution in [0.4, 0.5) is 0 Å². The van der Waals surface area contributed by atoms with E-state index in [0.29, 0.717) is 0 Å². The van der Waals surface area contributed by atoms with Crippen molar-refractivity contribution in [2.45, 2.75) is 13.8 Å². The average molecular weight is 338 g/mol. The van der Waals surface area contributed by atoms with Crippen LogP contribution in [-0.2, 0) is 26.2 Å². The molecule has 0 heterocycles. The largest absolute Gasteiger partial charge is 4.00 e. The van der Waals surface area contributed by atoms with Crippen LogP contribution < -0.4 is 0 Å². The van der Waals surface area contributed by atoms with Gasteiger partial charge in [-0.05, 0) is 0 Å². The summed E-state index contributed by atoms with van der Waals surface area (Å²) in [6, 6.07) is 16.5. The Morgan fingerprint density at radius 2 is 0.737 bits per heavy atom. The Kier molecular flexibility index (Phi) is 24.6. The zero-order valence-electron chi connectivity index (χ0n) is 13.0. The first-order valence-corrected chi connectivity index (χ1v) is 5.94. The molecule has 0 fully saturated rings. The molecule has 2 aromatic carbocycles. The molecule has 19 heavy (non-hydrogen) atoms. The number of aryl methyl sites for hydroxylation is 2. The van der Waals surface area contributed by atoms with Crippen molar-refractivity contribution in [1.82, 2.24) is 0 Å². The quantitative estimate of drug-likeness (QED) is 0.625. The maximum Gasteiger partial charge on any atom is 4.00 e. The fraction of sp³-hybridized carbons (Fsp3) is 0.375. The van der Waals surface area contributed by atoms with Gasteiger partial charge in [0.25, 0.3) is 0 Å². The number of hydrogen-bond acceptors (Lipinski definition) is 0. The van der Waals surface area contributed by atoms with Crippen molar-refractivity contribution < 1.29 is 26.2 Å². The van der Waals surface area contributed by atoms with E-state index in [2.05, 4.69) is 48.7 Å². The first-order valence-electron chi connectivity index (χ1n) is 5.94. The van der Waals surface area contributed by atoms with E-state index < -0.39 is 0 Å². The summed E-state index contributed by atoms with van der Waals surface area (Å²) in [4.78, 5) is 0. The zero-order valence-corrected chi connectivity index (χ0v) is 15.5. The van der Waals surface area contributed by atoms with Gasteiger partial charge in [0.15, 0.2) is 0 Å². The van der Waals surface area contributed by atoms with Gasteiger partial charge in [0.05, 0.1) is 0 Å². The third-order valence-corrected chi connectivity index (χ3v) is 1.66. The van der Waals surface area contributed by atoms with Gasteiger partial charge in [-0.3, -0.25) is 0 Å². The van der Waals surface area contributed by atoms with Crippen molar-refractivity contribution in [1.29, 1.82) is 0 Å². The number of hydrogen-bond donors (Lipinski definition) is 0. The first kappa shape index (κ1) is 23.6. The second kappa shape index (κ2) is 19.8. The molecule has 0 aliphatic heterocycles. The standard InChI is InChI=1S/2C6H7.2C2H6N.Zr/c2*1-6-4-2-3-5-6;2*1-3-2;/h2*2-5H,1H3;2*1-2H3;/q4*-1;+4. The Bertz CT molecular complexity index is 278. The van der Waals surface area contributed by atoms with Crippen molar-refractivity contribution >= 4 is 0 Å². The van der Waals surface area contributed by atoms with Crippen LogP contribution >= 0.6 is 0 Å². The Hall–Kier alpha value is -0.497.